The van der Waals surface area contributed by atoms with Crippen LogP contribution in [-0.4, -0.2) is 9.38 Å². The standard InChI is InChI=1S/C11H16N2S/c1-7(2)9-5-14-11-10(8(3)4)12-6-13(9)11/h5-8H,1-4H3. The number of hydrogen-bond acceptors (Lipinski definition) is 2. The van der Waals surface area contributed by atoms with E-state index in [1.165, 1.54) is 16.2 Å². The highest BCUT2D eigenvalue weighted by atomic mass is 32.1. The molecule has 0 spiro atoms. The van der Waals surface area contributed by atoms with E-state index in [0.29, 0.717) is 11.8 Å². The fourth-order valence-electron chi connectivity index (χ4n) is 1.64. The van der Waals surface area contributed by atoms with Crippen LogP contribution >= 0.6 is 11.3 Å². The summed E-state index contributed by atoms with van der Waals surface area (Å²) >= 11 is 1.80. The highest BCUT2D eigenvalue weighted by Gasteiger charge is 2.13. The Labute approximate surface area is 88.6 Å². The van der Waals surface area contributed by atoms with Crippen molar-refractivity contribution < 1.29 is 0 Å². The van der Waals surface area contributed by atoms with Gasteiger partial charge in [0, 0.05) is 11.1 Å². The Morgan fingerprint density at radius 2 is 1.93 bits per heavy atom. The van der Waals surface area contributed by atoms with Gasteiger partial charge >= 0.3 is 0 Å². The molecule has 0 aliphatic carbocycles. The molecular formula is C11H16N2S. The van der Waals surface area contributed by atoms with Crippen molar-refractivity contribution in [1.82, 2.24) is 9.38 Å². The lowest BCUT2D eigenvalue weighted by Crippen LogP contribution is -1.91. The fourth-order valence-corrected chi connectivity index (χ4v) is 2.93. The third-order valence-corrected chi connectivity index (χ3v) is 3.45. The zero-order chi connectivity index (χ0) is 10.3. The molecule has 0 fully saturated rings. The molecule has 0 amide bonds. The lowest BCUT2D eigenvalue weighted by molar-refractivity contribution is 0.809. The maximum atomic E-state index is 4.47. The summed E-state index contributed by atoms with van der Waals surface area (Å²) in [5.74, 6) is 1.08. The predicted molar refractivity (Wildman–Crippen MR) is 61.2 cm³/mol. The van der Waals surface area contributed by atoms with Crippen LogP contribution in [0.4, 0.5) is 0 Å². The number of thiazole rings is 1. The van der Waals surface area contributed by atoms with Crippen LogP contribution < -0.4 is 0 Å². The number of imidazole rings is 1. The Hall–Kier alpha value is -0.830. The van der Waals surface area contributed by atoms with E-state index in [0.717, 1.165) is 0 Å². The summed E-state index contributed by atoms with van der Waals surface area (Å²) in [6.07, 6.45) is 1.95. The molecule has 2 heterocycles. The molecule has 0 aliphatic rings. The number of hydrogen-bond donors (Lipinski definition) is 0. The average molecular weight is 208 g/mol. The van der Waals surface area contributed by atoms with Crippen molar-refractivity contribution in [2.45, 2.75) is 39.5 Å². The normalized spacial score (nSPS) is 12.1. The van der Waals surface area contributed by atoms with Crippen molar-refractivity contribution in [3.05, 3.63) is 23.1 Å². The Balaban J connectivity index is 2.61. The Morgan fingerprint density at radius 3 is 2.50 bits per heavy atom. The number of fused-ring (bicyclic) bond motifs is 1. The molecule has 3 heteroatoms. The largest absolute Gasteiger partial charge is 0.293 e. The van der Waals surface area contributed by atoms with Crippen molar-refractivity contribution in [1.29, 1.82) is 0 Å². The van der Waals surface area contributed by atoms with Crippen LogP contribution in [0, 0.1) is 0 Å². The second-order valence-electron chi connectivity index (χ2n) is 4.27. The highest BCUT2D eigenvalue weighted by molar-refractivity contribution is 7.15. The third-order valence-electron chi connectivity index (χ3n) is 2.46. The van der Waals surface area contributed by atoms with E-state index in [1.54, 1.807) is 11.3 Å². The van der Waals surface area contributed by atoms with Crippen LogP contribution in [-0.2, 0) is 0 Å². The molecule has 0 saturated heterocycles. The smallest absolute Gasteiger partial charge is 0.123 e. The first kappa shape index (κ1) is 9.71. The van der Waals surface area contributed by atoms with Crippen molar-refractivity contribution >= 4 is 16.2 Å². The number of aromatic nitrogens is 2. The minimum atomic E-state index is 0.513. The molecule has 0 unspecified atom stereocenters. The van der Waals surface area contributed by atoms with Crippen LogP contribution in [0.3, 0.4) is 0 Å². The van der Waals surface area contributed by atoms with E-state index in [4.69, 9.17) is 0 Å². The zero-order valence-corrected chi connectivity index (χ0v) is 9.93. The summed E-state index contributed by atoms with van der Waals surface area (Å²) in [6, 6.07) is 0. The molecule has 2 aromatic rings. The van der Waals surface area contributed by atoms with Crippen molar-refractivity contribution in [2.24, 2.45) is 0 Å². The van der Waals surface area contributed by atoms with Gasteiger partial charge < -0.3 is 0 Å². The molecular weight excluding hydrogens is 192 g/mol. The quantitative estimate of drug-likeness (QED) is 0.736. The Kier molecular flexibility index (Phi) is 2.35. The molecule has 2 rings (SSSR count). The summed E-state index contributed by atoms with van der Waals surface area (Å²) in [4.78, 5) is 5.78. The number of rotatable bonds is 2. The molecule has 2 aromatic heterocycles. The molecule has 0 atom stereocenters. The van der Waals surface area contributed by atoms with Gasteiger partial charge in [0.25, 0.3) is 0 Å². The predicted octanol–water partition coefficient (Wildman–Crippen LogP) is 3.64. The van der Waals surface area contributed by atoms with Crippen LogP contribution in [0.1, 0.15) is 50.9 Å². The van der Waals surface area contributed by atoms with Crippen LogP contribution in [0.15, 0.2) is 11.7 Å². The first-order valence-corrected chi connectivity index (χ1v) is 5.93. The van der Waals surface area contributed by atoms with Gasteiger partial charge in [0.05, 0.1) is 5.69 Å². The van der Waals surface area contributed by atoms with Gasteiger partial charge in [-0.3, -0.25) is 4.40 Å². The minimum absolute atomic E-state index is 0.513. The summed E-state index contributed by atoms with van der Waals surface area (Å²) in [5, 5.41) is 2.24. The molecule has 2 nitrogen and oxygen atoms in total. The molecule has 0 saturated carbocycles. The topological polar surface area (TPSA) is 17.3 Å². The van der Waals surface area contributed by atoms with Gasteiger partial charge in [0.1, 0.15) is 11.2 Å². The minimum Gasteiger partial charge on any atom is -0.293 e. The first-order valence-electron chi connectivity index (χ1n) is 5.05. The molecule has 76 valence electrons. The second kappa shape index (κ2) is 3.39. The van der Waals surface area contributed by atoms with Crippen LogP contribution in [0.5, 0.6) is 0 Å². The van der Waals surface area contributed by atoms with Crippen LogP contribution in [0.25, 0.3) is 4.83 Å². The Morgan fingerprint density at radius 1 is 1.21 bits per heavy atom. The monoisotopic (exact) mass is 208 g/mol. The number of nitrogens with zero attached hydrogens (tertiary/aromatic N) is 2. The first-order chi connectivity index (χ1) is 6.61. The lowest BCUT2D eigenvalue weighted by atomic mass is 10.1. The SMILES string of the molecule is CC(C)c1ncn2c(C(C)C)csc12. The van der Waals surface area contributed by atoms with Crippen molar-refractivity contribution in [3.63, 3.8) is 0 Å². The molecule has 0 aliphatic heterocycles. The van der Waals surface area contributed by atoms with E-state index in [2.05, 4.69) is 42.5 Å². The van der Waals surface area contributed by atoms with Crippen LogP contribution in [0.2, 0.25) is 0 Å². The highest BCUT2D eigenvalue weighted by Crippen LogP contribution is 2.28. The second-order valence-corrected chi connectivity index (χ2v) is 5.13. The summed E-state index contributed by atoms with van der Waals surface area (Å²) < 4.78 is 2.23. The molecule has 0 bridgehead atoms. The van der Waals surface area contributed by atoms with Gasteiger partial charge in [-0.15, -0.1) is 11.3 Å². The van der Waals surface area contributed by atoms with Gasteiger partial charge in [-0.2, -0.15) is 0 Å². The van der Waals surface area contributed by atoms with E-state index < -0.39 is 0 Å². The van der Waals surface area contributed by atoms with Gasteiger partial charge in [-0.25, -0.2) is 4.98 Å². The van der Waals surface area contributed by atoms with E-state index in [-0.39, 0.29) is 0 Å². The molecule has 0 aromatic carbocycles. The third kappa shape index (κ3) is 1.36. The van der Waals surface area contributed by atoms with Crippen molar-refractivity contribution in [3.8, 4) is 0 Å². The zero-order valence-electron chi connectivity index (χ0n) is 9.11. The van der Waals surface area contributed by atoms with Gasteiger partial charge in [-0.1, -0.05) is 27.7 Å². The van der Waals surface area contributed by atoms with E-state index in [9.17, 15) is 0 Å². The average Bonchev–Trinajstić information content (AvgIpc) is 2.59. The van der Waals surface area contributed by atoms with Gasteiger partial charge in [0.2, 0.25) is 0 Å². The van der Waals surface area contributed by atoms with Gasteiger partial charge in [0.15, 0.2) is 0 Å². The molecule has 0 radical (unpaired) electrons. The molecule has 14 heavy (non-hydrogen) atoms. The van der Waals surface area contributed by atoms with E-state index >= 15 is 0 Å². The lowest BCUT2D eigenvalue weighted by Gasteiger charge is -2.01. The maximum Gasteiger partial charge on any atom is 0.123 e. The fraction of sp³-hybridized carbons (Fsp3) is 0.545. The summed E-state index contributed by atoms with van der Waals surface area (Å²) in [6.45, 7) is 8.82. The maximum absolute atomic E-state index is 4.47. The summed E-state index contributed by atoms with van der Waals surface area (Å²) in [5.41, 5.74) is 2.59. The van der Waals surface area contributed by atoms with Gasteiger partial charge in [-0.05, 0) is 11.8 Å². The molecule has 0 N–H and O–H groups in total. The summed E-state index contributed by atoms with van der Waals surface area (Å²) in [7, 11) is 0. The van der Waals surface area contributed by atoms with Crippen molar-refractivity contribution in [2.75, 3.05) is 0 Å². The van der Waals surface area contributed by atoms with E-state index in [1.807, 2.05) is 6.33 Å². The Bertz CT molecular complexity index is 395.